The van der Waals surface area contributed by atoms with Crippen LogP contribution < -0.4 is 14.8 Å². The fourth-order valence-corrected chi connectivity index (χ4v) is 8.38. The molecule has 3 heterocycles. The Balaban J connectivity index is 1.45. The number of ether oxygens (including phenoxy) is 3. The molecule has 2 aromatic rings. The summed E-state index contributed by atoms with van der Waals surface area (Å²) in [7, 11) is 0. The Labute approximate surface area is 295 Å². The van der Waals surface area contributed by atoms with Crippen molar-refractivity contribution in [2.45, 2.75) is 123 Å². The standard InChI is InChI=1S/C37H48F4N4O6/c1-7-21-27-17-45(28(21)29(46)18(2)3)33(47)31(36(4,5)6)44-35(48)51-26-15-19-14-23(19)22(26)10-8-9-13-37(40,41)30-32(50-27)43-25-16-20(49-34(38)39)11-12-24(25)42-30/h11-12,16,18-19,21-23,26-28,31,34H,7-10,13-15,17H2,1-6H3,(H,44,48)/t19?,21-,22-,23?,26-,27+,28+,31-/m1/s1. The molecule has 1 aromatic carbocycles. The van der Waals surface area contributed by atoms with Crippen molar-refractivity contribution in [3.63, 3.8) is 0 Å². The van der Waals surface area contributed by atoms with Crippen LogP contribution in [0.4, 0.5) is 22.4 Å². The molecule has 8 atom stereocenters. The number of ketones is 1. The van der Waals surface area contributed by atoms with Crippen molar-refractivity contribution in [1.82, 2.24) is 20.2 Å². The lowest BCUT2D eigenvalue weighted by molar-refractivity contribution is -0.143. The Morgan fingerprint density at radius 1 is 1.06 bits per heavy atom. The molecule has 10 nitrogen and oxygen atoms in total. The summed E-state index contributed by atoms with van der Waals surface area (Å²) in [4.78, 5) is 51.9. The summed E-state index contributed by atoms with van der Waals surface area (Å²) in [6, 6.07) is 1.62. The third-order valence-corrected chi connectivity index (χ3v) is 11.1. The second kappa shape index (κ2) is 14.0. The van der Waals surface area contributed by atoms with E-state index in [-0.39, 0.29) is 47.6 Å². The SMILES string of the molecule is CC[C@@H]1[C@@H]2CN(C(=O)[C@H](C(C)(C)C)NC(=O)O[C@@H]3CC4CC4[C@H]3CCCCC(F)(F)c3nc4ccc(OC(F)F)cc4nc3O2)[C@@H]1C(=O)C(C)C. The molecule has 2 aliphatic heterocycles. The maximum atomic E-state index is 16.3. The average molecular weight is 721 g/mol. The molecular formula is C37H48F4N4O6. The molecule has 2 unspecified atom stereocenters. The van der Waals surface area contributed by atoms with Gasteiger partial charge < -0.3 is 24.4 Å². The summed E-state index contributed by atoms with van der Waals surface area (Å²) in [5.41, 5.74) is -1.45. The summed E-state index contributed by atoms with van der Waals surface area (Å²) in [5.74, 6) is -5.25. The summed E-state index contributed by atoms with van der Waals surface area (Å²) >= 11 is 0. The lowest BCUT2D eigenvalue weighted by Crippen LogP contribution is -2.58. The first kappa shape index (κ1) is 37.1. The number of carbonyl (C=O) groups is 3. The zero-order chi connectivity index (χ0) is 37.0. The number of alkyl halides is 4. The number of carbonyl (C=O) groups excluding carboxylic acids is 3. The van der Waals surface area contributed by atoms with E-state index >= 15 is 8.78 Å². The van der Waals surface area contributed by atoms with Crippen molar-refractivity contribution in [3.05, 3.63) is 23.9 Å². The van der Waals surface area contributed by atoms with Gasteiger partial charge in [-0.15, -0.1) is 0 Å². The van der Waals surface area contributed by atoms with Crippen LogP contribution in [0.2, 0.25) is 0 Å². The van der Waals surface area contributed by atoms with E-state index < -0.39 is 78.0 Å². The molecule has 2 amide bonds. The van der Waals surface area contributed by atoms with Crippen LogP contribution in [0.5, 0.6) is 11.6 Å². The summed E-state index contributed by atoms with van der Waals surface area (Å²) in [5, 5.41) is 2.83. The first-order valence-electron chi connectivity index (χ1n) is 18.1. The van der Waals surface area contributed by atoms with Crippen LogP contribution >= 0.6 is 0 Å². The van der Waals surface area contributed by atoms with Gasteiger partial charge >= 0.3 is 12.7 Å². The van der Waals surface area contributed by atoms with Gasteiger partial charge in [-0.1, -0.05) is 48.0 Å². The Morgan fingerprint density at radius 3 is 2.47 bits per heavy atom. The van der Waals surface area contributed by atoms with Crippen LogP contribution in [0.15, 0.2) is 18.2 Å². The minimum absolute atomic E-state index is 0.000369. The highest BCUT2D eigenvalue weighted by atomic mass is 19.3. The first-order chi connectivity index (χ1) is 24.0. The monoisotopic (exact) mass is 720 g/mol. The molecule has 0 radical (unpaired) electrons. The number of benzene rings is 1. The molecule has 2 saturated carbocycles. The lowest BCUT2D eigenvalue weighted by Gasteiger charge is -2.36. The molecule has 1 saturated heterocycles. The van der Waals surface area contributed by atoms with Crippen LogP contribution in [0, 0.1) is 35.0 Å². The molecular weight excluding hydrogens is 672 g/mol. The van der Waals surface area contributed by atoms with Crippen LogP contribution in [-0.2, 0) is 20.2 Å². The zero-order valence-electron chi connectivity index (χ0n) is 30.0. The minimum atomic E-state index is -3.49. The highest BCUT2D eigenvalue weighted by molar-refractivity contribution is 5.94. The number of amides is 2. The van der Waals surface area contributed by atoms with E-state index in [1.807, 2.05) is 6.92 Å². The lowest BCUT2D eigenvalue weighted by atomic mass is 9.84. The molecule has 0 spiro atoms. The largest absolute Gasteiger partial charge is 0.471 e. The fraction of sp³-hybridized carbons (Fsp3) is 0.703. The van der Waals surface area contributed by atoms with Crippen molar-refractivity contribution < 1.29 is 46.2 Å². The van der Waals surface area contributed by atoms with E-state index in [4.69, 9.17) is 9.47 Å². The van der Waals surface area contributed by atoms with Crippen molar-refractivity contribution >= 4 is 28.8 Å². The van der Waals surface area contributed by atoms with Crippen molar-refractivity contribution in [2.75, 3.05) is 6.54 Å². The number of nitrogens with one attached hydrogen (secondary N) is 1. The molecule has 51 heavy (non-hydrogen) atoms. The maximum absolute atomic E-state index is 16.3. The van der Waals surface area contributed by atoms with Gasteiger partial charge in [0.25, 0.3) is 5.92 Å². The normalized spacial score (nSPS) is 31.2. The third kappa shape index (κ3) is 7.60. The molecule has 3 fully saturated rings. The van der Waals surface area contributed by atoms with Crippen molar-refractivity contribution in [1.29, 1.82) is 0 Å². The maximum Gasteiger partial charge on any atom is 0.408 e. The van der Waals surface area contributed by atoms with Gasteiger partial charge in [-0.05, 0) is 67.4 Å². The van der Waals surface area contributed by atoms with E-state index in [0.717, 1.165) is 6.42 Å². The van der Waals surface area contributed by atoms with Gasteiger partial charge in [-0.2, -0.15) is 17.6 Å². The Morgan fingerprint density at radius 2 is 1.80 bits per heavy atom. The average Bonchev–Trinajstić information content (AvgIpc) is 3.58. The smallest absolute Gasteiger partial charge is 0.408 e. The Hall–Kier alpha value is -3.71. The van der Waals surface area contributed by atoms with Crippen LogP contribution in [-0.4, -0.2) is 70.1 Å². The number of aromatic nitrogens is 2. The summed E-state index contributed by atoms with van der Waals surface area (Å²) in [6.45, 7) is 7.41. The van der Waals surface area contributed by atoms with Gasteiger partial charge in [-0.25, -0.2) is 14.8 Å². The summed E-state index contributed by atoms with van der Waals surface area (Å²) < 4.78 is 75.4. The van der Waals surface area contributed by atoms with Gasteiger partial charge in [0.15, 0.2) is 11.5 Å². The van der Waals surface area contributed by atoms with Gasteiger partial charge in [0, 0.05) is 24.3 Å². The molecule has 4 aliphatic rings. The third-order valence-electron chi connectivity index (χ3n) is 11.1. The number of Topliss-reactive ketones (excluding diaryl/α,β-unsaturated/α-hetero) is 1. The molecule has 1 N–H and O–H groups in total. The highest BCUT2D eigenvalue weighted by Gasteiger charge is 2.55. The molecule has 14 heteroatoms. The van der Waals surface area contributed by atoms with Crippen LogP contribution in [0.25, 0.3) is 11.0 Å². The Kier molecular flexibility index (Phi) is 10.2. The van der Waals surface area contributed by atoms with E-state index in [0.29, 0.717) is 37.5 Å². The number of fused-ring (bicyclic) bond motifs is 7. The molecule has 2 bridgehead atoms. The van der Waals surface area contributed by atoms with E-state index in [1.54, 1.807) is 34.6 Å². The quantitative estimate of drug-likeness (QED) is 0.321. The highest BCUT2D eigenvalue weighted by Crippen LogP contribution is 2.58. The van der Waals surface area contributed by atoms with Crippen LogP contribution in [0.1, 0.15) is 92.2 Å². The Bertz CT molecular complexity index is 1650. The number of halogens is 4. The minimum Gasteiger partial charge on any atom is -0.471 e. The van der Waals surface area contributed by atoms with Gasteiger partial charge in [0.2, 0.25) is 11.8 Å². The molecule has 2 aliphatic carbocycles. The van der Waals surface area contributed by atoms with Crippen molar-refractivity contribution in [2.24, 2.45) is 35.0 Å². The van der Waals surface area contributed by atoms with E-state index in [9.17, 15) is 23.2 Å². The van der Waals surface area contributed by atoms with E-state index in [2.05, 4.69) is 20.0 Å². The predicted molar refractivity (Wildman–Crippen MR) is 178 cm³/mol. The number of hydrogen-bond acceptors (Lipinski definition) is 8. The van der Waals surface area contributed by atoms with Gasteiger partial charge in [-0.3, -0.25) is 9.59 Å². The van der Waals surface area contributed by atoms with Gasteiger partial charge in [0.05, 0.1) is 23.6 Å². The second-order valence-corrected chi connectivity index (χ2v) is 16.0. The first-order valence-corrected chi connectivity index (χ1v) is 18.1. The fourth-order valence-electron chi connectivity index (χ4n) is 8.38. The van der Waals surface area contributed by atoms with E-state index in [1.165, 1.54) is 23.1 Å². The molecule has 280 valence electrons. The number of nitrogens with zero attached hydrogens (tertiary/aromatic N) is 3. The summed E-state index contributed by atoms with van der Waals surface area (Å²) in [6.07, 6.45) is 0.650. The zero-order valence-corrected chi connectivity index (χ0v) is 30.0. The van der Waals surface area contributed by atoms with Crippen molar-refractivity contribution in [3.8, 4) is 11.6 Å². The van der Waals surface area contributed by atoms with Gasteiger partial charge in [0.1, 0.15) is 24.0 Å². The number of hydrogen-bond donors (Lipinski definition) is 1. The second-order valence-electron chi connectivity index (χ2n) is 16.0. The number of rotatable bonds is 5. The molecule has 6 rings (SSSR count). The van der Waals surface area contributed by atoms with Crippen LogP contribution in [0.3, 0.4) is 0 Å². The number of alkyl carbamates (subject to hydrolysis) is 1. The topological polar surface area (TPSA) is 120 Å². The predicted octanol–water partition coefficient (Wildman–Crippen LogP) is 7.27. The molecule has 1 aromatic heterocycles.